The number of anilines is 2. The van der Waals surface area contributed by atoms with Crippen LogP contribution in [-0.2, 0) is 0 Å². The van der Waals surface area contributed by atoms with E-state index in [-0.39, 0.29) is 5.82 Å². The van der Waals surface area contributed by atoms with Gasteiger partial charge in [-0.3, -0.25) is 0 Å². The van der Waals surface area contributed by atoms with Gasteiger partial charge in [-0.15, -0.1) is 0 Å². The third-order valence-electron chi connectivity index (χ3n) is 2.71. The Hall–Kier alpha value is -0.900. The summed E-state index contributed by atoms with van der Waals surface area (Å²) in [5.74, 6) is 0.829. The Morgan fingerprint density at radius 3 is 2.69 bits per heavy atom. The van der Waals surface area contributed by atoms with Crippen LogP contribution in [0.1, 0.15) is 13.3 Å². The van der Waals surface area contributed by atoms with Gasteiger partial charge in [0.25, 0.3) is 0 Å². The highest BCUT2D eigenvalue weighted by Gasteiger charge is 2.10. The van der Waals surface area contributed by atoms with Crippen molar-refractivity contribution in [2.24, 2.45) is 0 Å². The van der Waals surface area contributed by atoms with Gasteiger partial charge in [0.1, 0.15) is 5.82 Å². The summed E-state index contributed by atoms with van der Waals surface area (Å²) in [6, 6.07) is 5.04. The number of nitrogens with two attached hydrogens (primary N) is 1. The molecule has 0 bridgehead atoms. The van der Waals surface area contributed by atoms with Crippen LogP contribution in [0.3, 0.4) is 0 Å². The van der Waals surface area contributed by atoms with Crippen molar-refractivity contribution in [3.8, 4) is 0 Å². The van der Waals surface area contributed by atoms with Crippen LogP contribution in [0.2, 0.25) is 0 Å². The molecule has 90 valence electrons. The average Bonchev–Trinajstić information content (AvgIpc) is 2.23. The van der Waals surface area contributed by atoms with Gasteiger partial charge in [-0.05, 0) is 43.6 Å². The number of nitrogen functional groups attached to an aromatic ring is 1. The predicted octanol–water partition coefficient (Wildman–Crippen LogP) is 2.99. The number of nitrogens with zero attached hydrogens (tertiary/aromatic N) is 1. The predicted molar refractivity (Wildman–Crippen MR) is 71.7 cm³/mol. The Kier molecular flexibility index (Phi) is 4.93. The molecule has 2 nitrogen and oxygen atoms in total. The standard InChI is InChI=1S/C12H19FN2S/c1-9(4-5-16-3)15(2)12-7-10(13)6-11(14)8-12/h6-9H,4-5,14H2,1-3H3. The van der Waals surface area contributed by atoms with E-state index < -0.39 is 0 Å². The van der Waals surface area contributed by atoms with Crippen LogP contribution in [-0.4, -0.2) is 25.1 Å². The first-order valence-electron chi connectivity index (χ1n) is 5.32. The second kappa shape index (κ2) is 5.99. The van der Waals surface area contributed by atoms with Gasteiger partial charge in [0.05, 0.1) is 0 Å². The fraction of sp³-hybridized carbons (Fsp3) is 0.500. The van der Waals surface area contributed by atoms with Crippen molar-refractivity contribution in [1.82, 2.24) is 0 Å². The number of rotatable bonds is 5. The average molecular weight is 242 g/mol. The minimum absolute atomic E-state index is 0.279. The minimum Gasteiger partial charge on any atom is -0.399 e. The molecule has 0 aliphatic carbocycles. The lowest BCUT2D eigenvalue weighted by molar-refractivity contribution is 0.623. The van der Waals surface area contributed by atoms with Gasteiger partial charge >= 0.3 is 0 Å². The smallest absolute Gasteiger partial charge is 0.127 e. The van der Waals surface area contributed by atoms with E-state index in [4.69, 9.17) is 5.73 Å². The van der Waals surface area contributed by atoms with Gasteiger partial charge in [0, 0.05) is 24.5 Å². The minimum atomic E-state index is -0.279. The summed E-state index contributed by atoms with van der Waals surface area (Å²) >= 11 is 1.82. The topological polar surface area (TPSA) is 29.3 Å². The highest BCUT2D eigenvalue weighted by Crippen LogP contribution is 2.21. The maximum atomic E-state index is 13.2. The molecule has 0 amide bonds. The molecule has 0 heterocycles. The molecule has 0 saturated heterocycles. The number of benzene rings is 1. The van der Waals surface area contributed by atoms with Crippen LogP contribution < -0.4 is 10.6 Å². The molecule has 0 saturated carbocycles. The Balaban J connectivity index is 2.74. The molecule has 1 aromatic rings. The maximum Gasteiger partial charge on any atom is 0.127 e. The van der Waals surface area contributed by atoms with E-state index in [1.54, 1.807) is 6.07 Å². The third kappa shape index (κ3) is 3.59. The molecule has 1 rings (SSSR count). The van der Waals surface area contributed by atoms with Gasteiger partial charge in [-0.1, -0.05) is 0 Å². The zero-order chi connectivity index (χ0) is 12.1. The summed E-state index contributed by atoms with van der Waals surface area (Å²) in [7, 11) is 1.97. The SMILES string of the molecule is CSCCC(C)N(C)c1cc(N)cc(F)c1. The molecule has 2 N–H and O–H groups in total. The van der Waals surface area contributed by atoms with Crippen LogP contribution in [0.4, 0.5) is 15.8 Å². The highest BCUT2D eigenvalue weighted by molar-refractivity contribution is 7.98. The first-order chi connectivity index (χ1) is 7.54. The molecule has 0 aliphatic heterocycles. The summed E-state index contributed by atoms with van der Waals surface area (Å²) in [6.45, 7) is 2.14. The van der Waals surface area contributed by atoms with Crippen molar-refractivity contribution in [3.63, 3.8) is 0 Å². The van der Waals surface area contributed by atoms with E-state index in [2.05, 4.69) is 18.1 Å². The molecule has 0 aromatic heterocycles. The molecule has 16 heavy (non-hydrogen) atoms. The van der Waals surface area contributed by atoms with Gasteiger partial charge in [0.15, 0.2) is 0 Å². The van der Waals surface area contributed by atoms with Crippen molar-refractivity contribution in [1.29, 1.82) is 0 Å². The van der Waals surface area contributed by atoms with Gasteiger partial charge in [-0.2, -0.15) is 11.8 Å². The van der Waals surface area contributed by atoms with Gasteiger partial charge < -0.3 is 10.6 Å². The van der Waals surface area contributed by atoms with Crippen LogP contribution >= 0.6 is 11.8 Å². The Labute approximate surface area is 101 Å². The number of halogens is 1. The molecular weight excluding hydrogens is 223 g/mol. The van der Waals surface area contributed by atoms with Crippen molar-refractivity contribution >= 4 is 23.1 Å². The molecule has 0 spiro atoms. The van der Waals surface area contributed by atoms with Crippen molar-refractivity contribution < 1.29 is 4.39 Å². The first kappa shape index (κ1) is 13.2. The fourth-order valence-corrected chi connectivity index (χ4v) is 2.11. The molecule has 1 atom stereocenters. The van der Waals surface area contributed by atoms with Crippen LogP contribution in [0.15, 0.2) is 18.2 Å². The second-order valence-corrected chi connectivity index (χ2v) is 4.97. The summed E-state index contributed by atoms with van der Waals surface area (Å²) < 4.78 is 13.2. The monoisotopic (exact) mass is 242 g/mol. The lowest BCUT2D eigenvalue weighted by atomic mass is 10.2. The zero-order valence-electron chi connectivity index (χ0n) is 10.0. The van der Waals surface area contributed by atoms with Crippen molar-refractivity contribution in [2.45, 2.75) is 19.4 Å². The highest BCUT2D eigenvalue weighted by atomic mass is 32.2. The number of hydrogen-bond acceptors (Lipinski definition) is 3. The van der Waals surface area contributed by atoms with Crippen LogP contribution in [0.25, 0.3) is 0 Å². The summed E-state index contributed by atoms with van der Waals surface area (Å²) in [4.78, 5) is 2.07. The maximum absolute atomic E-state index is 13.2. The zero-order valence-corrected chi connectivity index (χ0v) is 10.9. The molecule has 4 heteroatoms. The van der Waals surface area contributed by atoms with E-state index >= 15 is 0 Å². The first-order valence-corrected chi connectivity index (χ1v) is 6.72. The van der Waals surface area contributed by atoms with Gasteiger partial charge in [-0.25, -0.2) is 4.39 Å². The van der Waals surface area contributed by atoms with Crippen molar-refractivity contribution in [2.75, 3.05) is 29.7 Å². The normalized spacial score (nSPS) is 12.5. The molecule has 0 aliphatic rings. The Morgan fingerprint density at radius 2 is 2.12 bits per heavy atom. The summed E-state index contributed by atoms with van der Waals surface area (Å²) in [5, 5.41) is 0. The second-order valence-electron chi connectivity index (χ2n) is 3.98. The quantitative estimate of drug-likeness (QED) is 0.805. The molecule has 1 aromatic carbocycles. The summed E-state index contributed by atoms with van der Waals surface area (Å²) in [5.41, 5.74) is 6.94. The third-order valence-corrected chi connectivity index (χ3v) is 3.36. The van der Waals surface area contributed by atoms with Gasteiger partial charge in [0.2, 0.25) is 0 Å². The van der Waals surface area contributed by atoms with Crippen molar-refractivity contribution in [3.05, 3.63) is 24.0 Å². The summed E-state index contributed by atoms with van der Waals surface area (Å²) in [6.07, 6.45) is 3.17. The molecule has 1 unspecified atom stereocenters. The lowest BCUT2D eigenvalue weighted by Gasteiger charge is -2.27. The van der Waals surface area contributed by atoms with Crippen LogP contribution in [0.5, 0.6) is 0 Å². The Bertz CT molecular complexity index is 324. The van der Waals surface area contributed by atoms with Crippen LogP contribution in [0, 0.1) is 5.82 Å². The fourth-order valence-electron chi connectivity index (χ4n) is 1.54. The number of hydrogen-bond donors (Lipinski definition) is 1. The van der Waals surface area contributed by atoms with E-state index in [9.17, 15) is 4.39 Å². The number of thioether (sulfide) groups is 1. The molecule has 0 radical (unpaired) electrons. The lowest BCUT2D eigenvalue weighted by Crippen LogP contribution is -2.29. The van der Waals surface area contributed by atoms with E-state index in [1.807, 2.05) is 18.8 Å². The largest absolute Gasteiger partial charge is 0.399 e. The molecular formula is C12H19FN2S. The Morgan fingerprint density at radius 1 is 1.44 bits per heavy atom. The van der Waals surface area contributed by atoms with E-state index in [0.717, 1.165) is 17.9 Å². The van der Waals surface area contributed by atoms with E-state index in [0.29, 0.717) is 11.7 Å². The molecule has 0 fully saturated rings. The van der Waals surface area contributed by atoms with E-state index in [1.165, 1.54) is 12.1 Å².